The summed E-state index contributed by atoms with van der Waals surface area (Å²) in [5, 5.41) is 8.29. The maximum absolute atomic E-state index is 11.9. The molecular weight excluding hydrogens is 298 g/mol. The fourth-order valence-corrected chi connectivity index (χ4v) is 2.70. The molecule has 0 fully saturated rings. The Kier molecular flexibility index (Phi) is 5.66. The number of benzene rings is 1. The molecule has 1 aromatic carbocycles. The van der Waals surface area contributed by atoms with Crippen molar-refractivity contribution in [2.45, 2.75) is 33.2 Å². The average molecular weight is 317 g/mol. The number of nitrogens with one attached hydrogen (secondary N) is 2. The van der Waals surface area contributed by atoms with E-state index >= 15 is 0 Å². The molecule has 1 aromatic heterocycles. The van der Waals surface area contributed by atoms with Crippen molar-refractivity contribution in [1.29, 1.82) is 0 Å². The Hall–Kier alpha value is -2.21. The summed E-state index contributed by atoms with van der Waals surface area (Å²) in [5.74, 6) is -0.625. The number of aromatic nitrogens is 1. The molecule has 0 aliphatic heterocycles. The van der Waals surface area contributed by atoms with Crippen LogP contribution in [0.15, 0.2) is 29.6 Å². The number of hydrogen-bond donors (Lipinski definition) is 2. The Morgan fingerprint density at radius 1 is 1.23 bits per heavy atom. The Labute approximate surface area is 133 Å². The quantitative estimate of drug-likeness (QED) is 0.805. The summed E-state index contributed by atoms with van der Waals surface area (Å²) in [6.45, 7) is 4.30. The molecule has 6 heteroatoms. The number of carbonyl (C=O) groups is 2. The minimum absolute atomic E-state index is 0.194. The molecule has 0 saturated carbocycles. The summed E-state index contributed by atoms with van der Waals surface area (Å²) < 4.78 is 0. The monoisotopic (exact) mass is 317 g/mol. The van der Waals surface area contributed by atoms with E-state index in [1.165, 1.54) is 11.3 Å². The summed E-state index contributed by atoms with van der Waals surface area (Å²) in [6, 6.07) is 7.46. The number of nitrogens with zero attached hydrogens (tertiary/aromatic N) is 1. The zero-order chi connectivity index (χ0) is 15.9. The molecule has 0 aliphatic rings. The Morgan fingerprint density at radius 2 is 2.00 bits per heavy atom. The van der Waals surface area contributed by atoms with Crippen molar-refractivity contribution >= 4 is 28.8 Å². The molecule has 0 atom stereocenters. The van der Waals surface area contributed by atoms with Crippen molar-refractivity contribution in [2.75, 3.05) is 5.32 Å². The lowest BCUT2D eigenvalue weighted by Gasteiger charge is -2.08. The second-order valence-electron chi connectivity index (χ2n) is 4.90. The third kappa shape index (κ3) is 4.66. The van der Waals surface area contributed by atoms with Gasteiger partial charge in [0.05, 0.1) is 12.2 Å². The summed E-state index contributed by atoms with van der Waals surface area (Å²) in [7, 11) is 0. The lowest BCUT2D eigenvalue weighted by atomic mass is 10.2. The van der Waals surface area contributed by atoms with Crippen molar-refractivity contribution in [3.8, 4) is 0 Å². The van der Waals surface area contributed by atoms with Crippen LogP contribution in [0.1, 0.15) is 29.6 Å². The van der Waals surface area contributed by atoms with Gasteiger partial charge in [0.15, 0.2) is 0 Å². The lowest BCUT2D eigenvalue weighted by molar-refractivity contribution is -0.126. The fraction of sp³-hybridized carbons (Fsp3) is 0.312. The summed E-state index contributed by atoms with van der Waals surface area (Å²) in [6.07, 6.45) is 0.684. The molecule has 0 bridgehead atoms. The van der Waals surface area contributed by atoms with Crippen molar-refractivity contribution in [2.24, 2.45) is 0 Å². The van der Waals surface area contributed by atoms with Crippen molar-refractivity contribution in [1.82, 2.24) is 10.3 Å². The van der Waals surface area contributed by atoms with Gasteiger partial charge in [-0.3, -0.25) is 9.59 Å². The predicted octanol–water partition coefficient (Wildman–Crippen LogP) is 2.66. The molecule has 0 aliphatic carbocycles. The number of carbonyl (C=O) groups excluding carboxylic acids is 2. The van der Waals surface area contributed by atoms with Gasteiger partial charge in [-0.2, -0.15) is 0 Å². The highest BCUT2D eigenvalue weighted by Crippen LogP contribution is 2.13. The zero-order valence-electron chi connectivity index (χ0n) is 12.7. The summed E-state index contributed by atoms with van der Waals surface area (Å²) in [4.78, 5) is 28.0. The van der Waals surface area contributed by atoms with E-state index in [1.54, 1.807) is 0 Å². The number of thiazole rings is 1. The van der Waals surface area contributed by atoms with Crippen LogP contribution < -0.4 is 10.6 Å². The van der Waals surface area contributed by atoms with Gasteiger partial charge in [-0.25, -0.2) is 4.98 Å². The zero-order valence-corrected chi connectivity index (χ0v) is 13.5. The van der Waals surface area contributed by atoms with Gasteiger partial charge >= 0.3 is 0 Å². The van der Waals surface area contributed by atoms with Gasteiger partial charge in [0.2, 0.25) is 11.8 Å². The predicted molar refractivity (Wildman–Crippen MR) is 87.8 cm³/mol. The first-order chi connectivity index (χ1) is 10.6. The molecular formula is C16H19N3O2S. The normalized spacial score (nSPS) is 10.3. The molecule has 0 radical (unpaired) electrons. The smallest absolute Gasteiger partial charge is 0.233 e. The van der Waals surface area contributed by atoms with Crippen LogP contribution in [0.5, 0.6) is 0 Å². The van der Waals surface area contributed by atoms with Crippen LogP contribution in [0.3, 0.4) is 0 Å². The van der Waals surface area contributed by atoms with E-state index in [2.05, 4.69) is 15.6 Å². The molecule has 0 saturated heterocycles. The van der Waals surface area contributed by atoms with Gasteiger partial charge in [-0.05, 0) is 25.0 Å². The molecule has 2 N–H and O–H groups in total. The topological polar surface area (TPSA) is 71.1 Å². The highest BCUT2D eigenvalue weighted by Gasteiger charge is 2.11. The van der Waals surface area contributed by atoms with E-state index < -0.39 is 0 Å². The van der Waals surface area contributed by atoms with Crippen molar-refractivity contribution < 1.29 is 9.59 Å². The molecule has 116 valence electrons. The maximum Gasteiger partial charge on any atom is 0.233 e. The second kappa shape index (κ2) is 7.70. The molecule has 5 nitrogen and oxygen atoms in total. The van der Waals surface area contributed by atoms with E-state index in [1.807, 2.05) is 43.5 Å². The van der Waals surface area contributed by atoms with Crippen LogP contribution in [0.2, 0.25) is 0 Å². The van der Waals surface area contributed by atoms with Gasteiger partial charge in [0.25, 0.3) is 0 Å². The van der Waals surface area contributed by atoms with Gasteiger partial charge < -0.3 is 10.6 Å². The molecule has 0 spiro atoms. The van der Waals surface area contributed by atoms with Crippen LogP contribution in [-0.2, 0) is 22.6 Å². The Morgan fingerprint density at radius 3 is 2.68 bits per heavy atom. The van der Waals surface area contributed by atoms with Gasteiger partial charge in [0.1, 0.15) is 11.4 Å². The van der Waals surface area contributed by atoms with Crippen molar-refractivity contribution in [3.05, 3.63) is 45.9 Å². The third-order valence-corrected chi connectivity index (χ3v) is 4.04. The first-order valence-corrected chi connectivity index (χ1v) is 8.02. The maximum atomic E-state index is 11.9. The Bertz CT molecular complexity index is 667. The third-order valence-electron chi connectivity index (χ3n) is 3.14. The van der Waals surface area contributed by atoms with E-state index in [4.69, 9.17) is 0 Å². The molecule has 0 unspecified atom stereocenters. The minimum atomic E-state index is -0.319. The van der Waals surface area contributed by atoms with Crippen LogP contribution in [0, 0.1) is 6.92 Å². The van der Waals surface area contributed by atoms with Crippen LogP contribution in [0.4, 0.5) is 5.69 Å². The lowest BCUT2D eigenvalue weighted by Crippen LogP contribution is -2.27. The van der Waals surface area contributed by atoms with Gasteiger partial charge in [-0.15, -0.1) is 11.3 Å². The number of para-hydroxylation sites is 1. The van der Waals surface area contributed by atoms with Gasteiger partial charge in [0, 0.05) is 11.1 Å². The molecule has 2 aromatic rings. The summed E-state index contributed by atoms with van der Waals surface area (Å²) >= 11 is 1.51. The van der Waals surface area contributed by atoms with E-state index in [0.717, 1.165) is 28.4 Å². The van der Waals surface area contributed by atoms with Crippen molar-refractivity contribution in [3.63, 3.8) is 0 Å². The van der Waals surface area contributed by atoms with E-state index in [9.17, 15) is 9.59 Å². The van der Waals surface area contributed by atoms with Crippen LogP contribution >= 0.6 is 11.3 Å². The second-order valence-corrected chi connectivity index (χ2v) is 5.85. The van der Waals surface area contributed by atoms with E-state index in [-0.39, 0.29) is 18.2 Å². The molecule has 1 heterocycles. The minimum Gasteiger partial charge on any atom is -0.349 e. The van der Waals surface area contributed by atoms with E-state index in [0.29, 0.717) is 6.54 Å². The van der Waals surface area contributed by atoms with Gasteiger partial charge in [-0.1, -0.05) is 25.1 Å². The largest absolute Gasteiger partial charge is 0.349 e. The van der Waals surface area contributed by atoms with Crippen LogP contribution in [0.25, 0.3) is 0 Å². The molecule has 2 amide bonds. The highest BCUT2D eigenvalue weighted by atomic mass is 32.1. The number of rotatable bonds is 6. The summed E-state index contributed by atoms with van der Waals surface area (Å²) in [5.41, 5.74) is 2.71. The number of hydrogen-bond acceptors (Lipinski definition) is 4. The first kappa shape index (κ1) is 16.2. The van der Waals surface area contributed by atoms with Crippen LogP contribution in [-0.4, -0.2) is 16.8 Å². The first-order valence-electron chi connectivity index (χ1n) is 7.14. The SMILES string of the molecule is CCc1csc(CNC(=O)CC(=O)Nc2ccccc2C)n1. The average Bonchev–Trinajstić information content (AvgIpc) is 2.95. The fourth-order valence-electron chi connectivity index (χ4n) is 1.88. The number of anilines is 1. The standard InChI is InChI=1S/C16H19N3O2S/c1-3-12-10-22-16(18-12)9-17-14(20)8-15(21)19-13-7-5-4-6-11(13)2/h4-7,10H,3,8-9H2,1-2H3,(H,17,20)(H,19,21). The highest BCUT2D eigenvalue weighted by molar-refractivity contribution is 7.09. The Balaban J connectivity index is 1.79. The number of amides is 2. The molecule has 2 rings (SSSR count). The molecule has 22 heavy (non-hydrogen) atoms. The number of aryl methyl sites for hydroxylation is 2.